The summed E-state index contributed by atoms with van der Waals surface area (Å²) in [7, 11) is 1.99. The zero-order chi connectivity index (χ0) is 26.7. The highest BCUT2D eigenvalue weighted by atomic mass is 19.4. The summed E-state index contributed by atoms with van der Waals surface area (Å²) >= 11 is 0. The number of aromatic nitrogens is 1. The van der Waals surface area contributed by atoms with Crippen LogP contribution < -0.4 is 10.9 Å². The first-order chi connectivity index (χ1) is 17.5. The average molecular weight is 523 g/mol. The first-order valence-corrected chi connectivity index (χ1v) is 12.9. The molecule has 2 heterocycles. The Labute approximate surface area is 214 Å². The molecule has 1 aromatic rings. The lowest BCUT2D eigenvalue weighted by Crippen LogP contribution is -2.50. The van der Waals surface area contributed by atoms with Gasteiger partial charge in [-0.3, -0.25) is 9.59 Å². The number of piperazine rings is 1. The molecule has 1 aliphatic heterocycles. The number of aromatic amines is 1. The van der Waals surface area contributed by atoms with Crippen LogP contribution >= 0.6 is 0 Å². The van der Waals surface area contributed by atoms with Crippen molar-refractivity contribution in [2.45, 2.75) is 63.8 Å². The SMILES string of the molecule is CC1CN(C2=C[C@H](F)C(=CCC3CCCCC3)C=C2NC(=O)c2c[nH]c(=O)cc2C(F)(F)F)CCN1C. The van der Waals surface area contributed by atoms with Crippen molar-refractivity contribution in [3.8, 4) is 0 Å². The van der Waals surface area contributed by atoms with Crippen LogP contribution in [-0.4, -0.2) is 59.6 Å². The van der Waals surface area contributed by atoms with E-state index in [0.29, 0.717) is 36.3 Å². The van der Waals surface area contributed by atoms with Crippen molar-refractivity contribution in [1.82, 2.24) is 20.1 Å². The maximum atomic E-state index is 15.4. The van der Waals surface area contributed by atoms with Crippen LogP contribution in [0, 0.1) is 5.92 Å². The Morgan fingerprint density at radius 1 is 1.22 bits per heavy atom. The number of hydrogen-bond acceptors (Lipinski definition) is 4. The number of nitrogens with zero attached hydrogens (tertiary/aromatic N) is 2. The number of likely N-dealkylation sites (N-methyl/N-ethyl adjacent to an activating group) is 1. The van der Waals surface area contributed by atoms with Crippen LogP contribution in [0.5, 0.6) is 0 Å². The fourth-order valence-electron chi connectivity index (χ4n) is 5.27. The van der Waals surface area contributed by atoms with E-state index in [-0.39, 0.29) is 11.7 Å². The maximum absolute atomic E-state index is 15.4. The first kappa shape index (κ1) is 27.2. The number of carbonyl (C=O) groups excluding carboxylic acids is 1. The van der Waals surface area contributed by atoms with Crippen LogP contribution in [-0.2, 0) is 6.18 Å². The largest absolute Gasteiger partial charge is 0.417 e. The quantitative estimate of drug-likeness (QED) is 0.547. The van der Waals surface area contributed by atoms with Gasteiger partial charge in [-0.05, 0) is 44.0 Å². The number of alkyl halides is 4. The van der Waals surface area contributed by atoms with Crippen LogP contribution in [0.3, 0.4) is 0 Å². The van der Waals surface area contributed by atoms with Crippen LogP contribution in [0.2, 0.25) is 0 Å². The molecule has 0 aromatic carbocycles. The minimum absolute atomic E-state index is 0.170. The van der Waals surface area contributed by atoms with Crippen LogP contribution in [0.15, 0.2) is 52.3 Å². The number of hydrogen-bond donors (Lipinski definition) is 2. The van der Waals surface area contributed by atoms with E-state index in [1.807, 2.05) is 24.9 Å². The molecule has 0 spiro atoms. The van der Waals surface area contributed by atoms with Gasteiger partial charge in [-0.1, -0.05) is 38.2 Å². The van der Waals surface area contributed by atoms with E-state index in [4.69, 9.17) is 0 Å². The molecule has 1 aromatic heterocycles. The molecule has 1 saturated heterocycles. The second kappa shape index (κ2) is 11.2. The summed E-state index contributed by atoms with van der Waals surface area (Å²) in [6.07, 6.45) is 5.80. The molecule has 4 rings (SSSR count). The Balaban J connectivity index is 1.64. The third-order valence-electron chi connectivity index (χ3n) is 7.64. The van der Waals surface area contributed by atoms with E-state index in [0.717, 1.165) is 44.8 Å². The highest BCUT2D eigenvalue weighted by molar-refractivity contribution is 5.97. The molecule has 2 aliphatic carbocycles. The molecule has 0 bridgehead atoms. The second-order valence-electron chi connectivity index (χ2n) is 10.3. The highest BCUT2D eigenvalue weighted by Crippen LogP contribution is 2.33. The molecule has 1 unspecified atom stereocenters. The summed E-state index contributed by atoms with van der Waals surface area (Å²) in [5, 5.41) is 2.60. The van der Waals surface area contributed by atoms with E-state index in [1.165, 1.54) is 12.5 Å². The lowest BCUT2D eigenvalue weighted by atomic mass is 9.86. The molecule has 10 heteroatoms. The normalized spacial score (nSPS) is 25.1. The number of H-pyrrole nitrogens is 1. The van der Waals surface area contributed by atoms with Gasteiger partial charge in [-0.25, -0.2) is 4.39 Å². The van der Waals surface area contributed by atoms with Gasteiger partial charge < -0.3 is 20.1 Å². The standard InChI is InChI=1S/C27H34F4N4O2/c1-17-16-35(11-10-34(17)2)24-14-22(28)19(9-8-18-6-4-3-5-7-18)12-23(24)33-26(37)20-15-32-25(36)13-21(20)27(29,30)31/h9,12-15,17-18,22H,3-8,10-11,16H2,1-2H3,(H,32,36)(H,33,37)/t17?,22-/m0/s1. The van der Waals surface area contributed by atoms with E-state index in [9.17, 15) is 22.8 Å². The molecule has 202 valence electrons. The molecule has 2 fully saturated rings. The van der Waals surface area contributed by atoms with Gasteiger partial charge in [-0.2, -0.15) is 13.2 Å². The van der Waals surface area contributed by atoms with Gasteiger partial charge in [-0.15, -0.1) is 0 Å². The van der Waals surface area contributed by atoms with Crippen molar-refractivity contribution in [3.63, 3.8) is 0 Å². The summed E-state index contributed by atoms with van der Waals surface area (Å²) in [5.74, 6) is -0.536. The number of amides is 1. The molecule has 6 nitrogen and oxygen atoms in total. The predicted octanol–water partition coefficient (Wildman–Crippen LogP) is 4.78. The Hall–Kier alpha value is -2.88. The monoisotopic (exact) mass is 522 g/mol. The van der Waals surface area contributed by atoms with Gasteiger partial charge in [0.05, 0.1) is 22.5 Å². The fourth-order valence-corrected chi connectivity index (χ4v) is 5.27. The van der Waals surface area contributed by atoms with Gasteiger partial charge in [0.2, 0.25) is 5.56 Å². The summed E-state index contributed by atoms with van der Waals surface area (Å²) in [4.78, 5) is 30.9. The van der Waals surface area contributed by atoms with Gasteiger partial charge in [0.1, 0.15) is 6.17 Å². The minimum atomic E-state index is -4.89. The molecule has 2 N–H and O–H groups in total. The number of halogens is 4. The summed E-state index contributed by atoms with van der Waals surface area (Å²) in [6, 6.07) is 0.542. The van der Waals surface area contributed by atoms with Gasteiger partial charge in [0, 0.05) is 37.9 Å². The topological polar surface area (TPSA) is 68.4 Å². The Bertz CT molecular complexity index is 1150. The summed E-state index contributed by atoms with van der Waals surface area (Å²) in [5.41, 5.74) is -1.88. The number of rotatable bonds is 5. The van der Waals surface area contributed by atoms with Gasteiger partial charge in [0.15, 0.2) is 0 Å². The average Bonchev–Trinajstić information content (AvgIpc) is 2.85. The first-order valence-electron chi connectivity index (χ1n) is 12.9. The molecule has 0 radical (unpaired) electrons. The Morgan fingerprint density at radius 3 is 2.62 bits per heavy atom. The predicted molar refractivity (Wildman–Crippen MR) is 134 cm³/mol. The zero-order valence-electron chi connectivity index (χ0n) is 21.2. The van der Waals surface area contributed by atoms with Crippen molar-refractivity contribution in [2.24, 2.45) is 5.92 Å². The second-order valence-corrected chi connectivity index (χ2v) is 10.3. The lowest BCUT2D eigenvalue weighted by molar-refractivity contribution is -0.138. The van der Waals surface area contributed by atoms with E-state index >= 15 is 4.39 Å². The number of carbonyl (C=O) groups is 1. The van der Waals surface area contributed by atoms with Crippen LogP contribution in [0.1, 0.15) is 61.4 Å². The van der Waals surface area contributed by atoms with E-state index < -0.39 is 34.9 Å². The minimum Gasteiger partial charge on any atom is -0.367 e. The van der Waals surface area contributed by atoms with Crippen molar-refractivity contribution >= 4 is 5.91 Å². The van der Waals surface area contributed by atoms with E-state index in [1.54, 1.807) is 6.08 Å². The van der Waals surface area contributed by atoms with Gasteiger partial charge >= 0.3 is 6.18 Å². The number of nitrogens with one attached hydrogen (secondary N) is 2. The molecule has 37 heavy (non-hydrogen) atoms. The number of pyridine rings is 1. The number of allylic oxidation sites excluding steroid dienone is 4. The van der Waals surface area contributed by atoms with Crippen LogP contribution in [0.4, 0.5) is 17.6 Å². The summed E-state index contributed by atoms with van der Waals surface area (Å²) in [6.45, 7) is 3.92. The molecule has 1 amide bonds. The molecule has 3 aliphatic rings. The van der Waals surface area contributed by atoms with Crippen molar-refractivity contribution < 1.29 is 22.4 Å². The Kier molecular flexibility index (Phi) is 8.26. The van der Waals surface area contributed by atoms with Crippen molar-refractivity contribution in [3.05, 3.63) is 68.9 Å². The lowest BCUT2D eigenvalue weighted by Gasteiger charge is -2.41. The smallest absolute Gasteiger partial charge is 0.367 e. The third kappa shape index (κ3) is 6.52. The third-order valence-corrected chi connectivity index (χ3v) is 7.64. The molecular formula is C27H34F4N4O2. The summed E-state index contributed by atoms with van der Waals surface area (Å²) < 4.78 is 56.1. The van der Waals surface area contributed by atoms with Crippen molar-refractivity contribution in [1.29, 1.82) is 0 Å². The molecule has 1 saturated carbocycles. The van der Waals surface area contributed by atoms with Gasteiger partial charge in [0.25, 0.3) is 5.91 Å². The molecule has 2 atom stereocenters. The highest BCUT2D eigenvalue weighted by Gasteiger charge is 2.37. The zero-order valence-corrected chi connectivity index (χ0v) is 21.2. The molecular weight excluding hydrogens is 488 g/mol. The maximum Gasteiger partial charge on any atom is 0.417 e. The Morgan fingerprint density at radius 2 is 1.95 bits per heavy atom. The van der Waals surface area contributed by atoms with E-state index in [2.05, 4.69) is 15.2 Å². The van der Waals surface area contributed by atoms with Crippen molar-refractivity contribution in [2.75, 3.05) is 26.7 Å². The fraction of sp³-hybridized carbons (Fsp3) is 0.556. The van der Waals surface area contributed by atoms with Crippen LogP contribution in [0.25, 0.3) is 0 Å².